The molecule has 0 aliphatic carbocycles. The third kappa shape index (κ3) is 21.8. The Labute approximate surface area is 471 Å². The SMILES string of the molecule is NC(N)=NCCC[C@H](NC(=O)[C@H](CS)NC(=O)[C@H](CCCN=C(N)N)NC(=O)[C@H](Cc1c[nH]c2ccccc12)NC(=O)[C@H](CO)NC(=O)[C@H](Cc1ccccc1)NC(=O)[C@H](CS)NC(=O)[C@@H](N)CS)C(=O)N[C@@H](CS)C(=O)O. The summed E-state index contributed by atoms with van der Waals surface area (Å²) < 4.78 is 0. The standard InChI is InChI=1S/C47H70N16O11S4/c48-27(20-75)37(65)61-34(21-76)44(72)58-31(16-24-8-2-1-3-9-24)40(68)60-33(19-64)42(70)59-32(17-25-18-55-28-11-5-4-10-26(25)28)41(69)56-29(12-6-14-53-46(49)50)38(66)62-35(22-77)43(71)57-30(13-7-15-54-47(51)52)39(67)63-36(23-78)45(73)74/h1-5,8-11,18,27,29-36,55,64,75-78H,6-7,12-17,19-23,48H2,(H,56,69)(H,57,71)(H,58,72)(H,59,70)(H,60,68)(H,61,65)(H,62,66)(H,63,67)(H,73,74)(H4,49,50,53)(H4,51,52,54)/t27-,29-,30-,31-,32-,33-,34-,35-,36-/m0/s1. The molecule has 0 fully saturated rings. The van der Waals surface area contributed by atoms with Crippen LogP contribution in [0.15, 0.2) is 70.8 Å². The Morgan fingerprint density at radius 1 is 0.500 bits per heavy atom. The Morgan fingerprint density at radius 2 is 0.897 bits per heavy atom. The predicted octanol–water partition coefficient (Wildman–Crippen LogP) is -4.94. The lowest BCUT2D eigenvalue weighted by atomic mass is 10.0. The second-order valence-electron chi connectivity index (χ2n) is 17.5. The summed E-state index contributed by atoms with van der Waals surface area (Å²) in [7, 11) is 0. The average Bonchev–Trinajstić information content (AvgIpc) is 3.83. The van der Waals surface area contributed by atoms with Crippen molar-refractivity contribution in [3.63, 3.8) is 0 Å². The molecule has 9 atom stereocenters. The van der Waals surface area contributed by atoms with Crippen LogP contribution in [-0.2, 0) is 56.0 Å². The van der Waals surface area contributed by atoms with E-state index < -0.39 is 114 Å². The number of carbonyl (C=O) groups is 9. The number of carboxylic acids is 1. The molecule has 27 nitrogen and oxygen atoms in total. The average molecular weight is 1160 g/mol. The molecule has 0 saturated heterocycles. The third-order valence-electron chi connectivity index (χ3n) is 11.6. The summed E-state index contributed by atoms with van der Waals surface area (Å²) in [4.78, 5) is 133. The van der Waals surface area contributed by atoms with E-state index in [0.29, 0.717) is 22.0 Å². The molecule has 3 rings (SSSR count). The van der Waals surface area contributed by atoms with E-state index in [1.165, 1.54) is 0 Å². The van der Waals surface area contributed by atoms with Gasteiger partial charge in [0, 0.05) is 66.0 Å². The van der Waals surface area contributed by atoms with Gasteiger partial charge in [0.15, 0.2) is 11.9 Å². The molecule has 0 aliphatic heterocycles. The van der Waals surface area contributed by atoms with E-state index in [2.05, 4.69) is 108 Å². The molecule has 0 spiro atoms. The smallest absolute Gasteiger partial charge is 0.327 e. The quantitative estimate of drug-likeness (QED) is 0.0115. The minimum absolute atomic E-state index is 0.00794. The van der Waals surface area contributed by atoms with Crippen molar-refractivity contribution in [1.29, 1.82) is 0 Å². The van der Waals surface area contributed by atoms with Crippen LogP contribution in [0.2, 0.25) is 0 Å². The van der Waals surface area contributed by atoms with Gasteiger partial charge < -0.3 is 86.4 Å². The van der Waals surface area contributed by atoms with Crippen LogP contribution in [0.3, 0.4) is 0 Å². The van der Waals surface area contributed by atoms with Gasteiger partial charge in [0.2, 0.25) is 47.3 Å². The number of thiol groups is 4. The van der Waals surface area contributed by atoms with Crippen LogP contribution in [0.5, 0.6) is 0 Å². The van der Waals surface area contributed by atoms with Gasteiger partial charge in [0.05, 0.1) is 12.6 Å². The van der Waals surface area contributed by atoms with Crippen LogP contribution >= 0.6 is 50.5 Å². The van der Waals surface area contributed by atoms with Gasteiger partial charge in [-0.1, -0.05) is 48.5 Å². The number of carbonyl (C=O) groups excluding carboxylic acids is 8. The van der Waals surface area contributed by atoms with Gasteiger partial charge in [-0.25, -0.2) is 4.79 Å². The minimum Gasteiger partial charge on any atom is -0.480 e. The van der Waals surface area contributed by atoms with Crippen LogP contribution in [0.4, 0.5) is 0 Å². The van der Waals surface area contributed by atoms with Crippen LogP contribution in [0, 0.1) is 0 Å². The molecule has 3 aromatic rings. The van der Waals surface area contributed by atoms with Crippen molar-refractivity contribution in [3.8, 4) is 0 Å². The van der Waals surface area contributed by atoms with E-state index in [1.807, 2.05) is 0 Å². The number of aliphatic hydroxyl groups excluding tert-OH is 1. The molecule has 0 radical (unpaired) electrons. The topological polar surface area (TPSA) is 461 Å². The van der Waals surface area contributed by atoms with Crippen molar-refractivity contribution in [3.05, 3.63) is 71.9 Å². The number of fused-ring (bicyclic) bond motifs is 1. The zero-order valence-electron chi connectivity index (χ0n) is 42.3. The number of nitrogens with one attached hydrogen (secondary N) is 9. The fraction of sp³-hybridized carbons (Fsp3) is 0.468. The largest absolute Gasteiger partial charge is 0.480 e. The third-order valence-corrected chi connectivity index (χ3v) is 13.1. The summed E-state index contributed by atoms with van der Waals surface area (Å²) in [5, 5.41) is 40.8. The number of aliphatic hydroxyl groups is 1. The number of aromatic nitrogens is 1. The first-order valence-electron chi connectivity index (χ1n) is 24.3. The lowest BCUT2D eigenvalue weighted by Gasteiger charge is -2.27. The summed E-state index contributed by atoms with van der Waals surface area (Å²) in [6.45, 7) is -0.962. The Balaban J connectivity index is 1.96. The minimum atomic E-state index is -1.74. The number of amides is 8. The Hall–Kier alpha value is -6.93. The zero-order chi connectivity index (χ0) is 57.9. The molecule has 8 amide bonds. The maximum atomic E-state index is 14.6. The van der Waals surface area contributed by atoms with Gasteiger partial charge in [0.25, 0.3) is 0 Å². The molecule has 21 N–H and O–H groups in total. The summed E-state index contributed by atoms with van der Waals surface area (Å²) in [5.74, 6) is -9.88. The number of guanidine groups is 2. The fourth-order valence-electron chi connectivity index (χ4n) is 7.37. The molecule has 1 aromatic heterocycles. The molecule has 1 heterocycles. The second-order valence-corrected chi connectivity index (χ2v) is 19.0. The van der Waals surface area contributed by atoms with Crippen LogP contribution in [-0.4, -0.2) is 177 Å². The summed E-state index contributed by atoms with van der Waals surface area (Å²) in [6, 6.07) is 2.89. The first-order chi connectivity index (χ1) is 37.2. The summed E-state index contributed by atoms with van der Waals surface area (Å²) in [6.07, 6.45) is 1.28. The zero-order valence-corrected chi connectivity index (χ0v) is 45.9. The maximum absolute atomic E-state index is 14.6. The van der Waals surface area contributed by atoms with Crippen molar-refractivity contribution < 1.29 is 53.4 Å². The van der Waals surface area contributed by atoms with Gasteiger partial charge in [-0.05, 0) is 42.9 Å². The van der Waals surface area contributed by atoms with Crippen LogP contribution in [0.25, 0.3) is 10.9 Å². The maximum Gasteiger partial charge on any atom is 0.327 e. The highest BCUT2D eigenvalue weighted by Crippen LogP contribution is 2.20. The van der Waals surface area contributed by atoms with Crippen molar-refractivity contribution in [2.24, 2.45) is 38.7 Å². The molecular weight excluding hydrogens is 1090 g/mol. The predicted molar refractivity (Wildman–Crippen MR) is 306 cm³/mol. The Bertz CT molecular complexity index is 2570. The Kier molecular flexibility index (Phi) is 28.5. The van der Waals surface area contributed by atoms with Gasteiger partial charge in [-0.3, -0.25) is 48.3 Å². The number of aliphatic carboxylic acids is 1. The van der Waals surface area contributed by atoms with Crippen LogP contribution < -0.4 is 71.2 Å². The number of benzene rings is 2. The molecule has 428 valence electrons. The van der Waals surface area contributed by atoms with E-state index in [4.69, 9.17) is 28.7 Å². The van der Waals surface area contributed by atoms with Crippen molar-refractivity contribution in [2.75, 3.05) is 42.7 Å². The van der Waals surface area contributed by atoms with Crippen LogP contribution in [0.1, 0.15) is 36.8 Å². The lowest BCUT2D eigenvalue weighted by Crippen LogP contribution is -2.61. The number of rotatable bonds is 34. The van der Waals surface area contributed by atoms with E-state index in [-0.39, 0.29) is 86.5 Å². The second kappa shape index (κ2) is 34.1. The van der Waals surface area contributed by atoms with E-state index in [9.17, 15) is 53.4 Å². The number of hydrogen-bond donors (Lipinski definition) is 20. The molecule has 31 heteroatoms. The normalized spacial score (nSPS) is 14.4. The first kappa shape index (κ1) is 65.4. The highest BCUT2D eigenvalue weighted by Gasteiger charge is 2.35. The molecule has 78 heavy (non-hydrogen) atoms. The van der Waals surface area contributed by atoms with Crippen molar-refractivity contribution in [1.82, 2.24) is 47.5 Å². The number of aliphatic imine (C=N–C) groups is 2. The van der Waals surface area contributed by atoms with E-state index in [1.54, 1.807) is 60.8 Å². The molecule has 0 unspecified atom stereocenters. The molecule has 0 aliphatic rings. The number of aromatic amines is 1. The number of carboxylic acid groups (broad SMARTS) is 1. The fourth-order valence-corrected chi connectivity index (χ4v) is 8.30. The van der Waals surface area contributed by atoms with Gasteiger partial charge in [-0.15, -0.1) is 0 Å². The molecular formula is C47H70N16O11S4. The van der Waals surface area contributed by atoms with Gasteiger partial charge in [-0.2, -0.15) is 50.5 Å². The number of para-hydroxylation sites is 1. The highest BCUT2D eigenvalue weighted by molar-refractivity contribution is 7.80. The number of nitrogens with zero attached hydrogens (tertiary/aromatic N) is 2. The lowest BCUT2D eigenvalue weighted by molar-refractivity contribution is -0.141. The number of nitrogens with two attached hydrogens (primary N) is 5. The first-order valence-corrected chi connectivity index (χ1v) is 26.8. The monoisotopic (exact) mass is 1160 g/mol. The van der Waals surface area contributed by atoms with Gasteiger partial charge >= 0.3 is 5.97 Å². The Morgan fingerprint density at radius 3 is 1.37 bits per heavy atom. The number of H-pyrrole nitrogens is 1. The van der Waals surface area contributed by atoms with Crippen molar-refractivity contribution >= 4 is 127 Å². The molecule has 0 saturated carbocycles. The van der Waals surface area contributed by atoms with Gasteiger partial charge in [0.1, 0.15) is 48.3 Å². The highest BCUT2D eigenvalue weighted by atomic mass is 32.1. The van der Waals surface area contributed by atoms with Crippen molar-refractivity contribution in [2.45, 2.75) is 92.9 Å². The number of hydrogen-bond acceptors (Lipinski definition) is 17. The summed E-state index contributed by atoms with van der Waals surface area (Å²) in [5.41, 5.74) is 29.4. The summed E-state index contributed by atoms with van der Waals surface area (Å²) >= 11 is 16.4. The van der Waals surface area contributed by atoms with E-state index >= 15 is 0 Å². The van der Waals surface area contributed by atoms with E-state index in [0.717, 1.165) is 0 Å². The molecule has 0 bridgehead atoms. The molecule has 2 aromatic carbocycles.